The first-order valence-electron chi connectivity index (χ1n) is 8.77. The zero-order valence-electron chi connectivity index (χ0n) is 15.6. The highest BCUT2D eigenvalue weighted by atomic mass is 35.5. The molecule has 29 heavy (non-hydrogen) atoms. The third kappa shape index (κ3) is 5.47. The largest absolute Gasteiger partial charge is 0.322 e. The van der Waals surface area contributed by atoms with Crippen LogP contribution in [-0.4, -0.2) is 14.3 Å². The quantitative estimate of drug-likeness (QED) is 0.538. The number of hydrogen-bond acceptors (Lipinski definition) is 3. The van der Waals surface area contributed by atoms with Gasteiger partial charge in [-0.3, -0.25) is 9.52 Å². The van der Waals surface area contributed by atoms with Crippen molar-refractivity contribution in [2.24, 2.45) is 0 Å². The summed E-state index contributed by atoms with van der Waals surface area (Å²) in [6.45, 7) is 1.91. The lowest BCUT2D eigenvalue weighted by Gasteiger charge is -2.09. The minimum atomic E-state index is -3.77. The van der Waals surface area contributed by atoms with E-state index in [0.717, 1.165) is 11.3 Å². The smallest absolute Gasteiger partial charge is 0.261 e. The Morgan fingerprint density at radius 3 is 2.17 bits per heavy atom. The van der Waals surface area contributed by atoms with Crippen molar-refractivity contribution in [2.45, 2.75) is 11.8 Å². The van der Waals surface area contributed by atoms with Crippen molar-refractivity contribution in [1.29, 1.82) is 0 Å². The molecule has 5 nitrogen and oxygen atoms in total. The highest BCUT2D eigenvalue weighted by Crippen LogP contribution is 2.24. The molecule has 0 fully saturated rings. The number of carbonyl (C=O) groups excluding carboxylic acids is 1. The molecule has 0 aliphatic heterocycles. The molecule has 3 aromatic carbocycles. The van der Waals surface area contributed by atoms with E-state index in [4.69, 9.17) is 11.6 Å². The molecule has 0 spiro atoms. The summed E-state index contributed by atoms with van der Waals surface area (Å²) in [7, 11) is -3.77. The van der Waals surface area contributed by atoms with Gasteiger partial charge in [0.25, 0.3) is 10.0 Å². The molecule has 0 bridgehead atoms. The summed E-state index contributed by atoms with van der Waals surface area (Å²) in [5.74, 6) is -0.267. The predicted molar refractivity (Wildman–Crippen MR) is 118 cm³/mol. The number of benzene rings is 3. The Labute approximate surface area is 175 Å². The van der Waals surface area contributed by atoms with Crippen molar-refractivity contribution in [3.05, 3.63) is 95.0 Å². The fourth-order valence-electron chi connectivity index (χ4n) is 2.57. The number of rotatable bonds is 6. The first kappa shape index (κ1) is 20.6. The maximum atomic E-state index is 12.5. The predicted octanol–water partition coefficient (Wildman–Crippen LogP) is 5.10. The van der Waals surface area contributed by atoms with E-state index in [1.54, 1.807) is 42.5 Å². The van der Waals surface area contributed by atoms with Gasteiger partial charge in [0.05, 0.1) is 15.6 Å². The van der Waals surface area contributed by atoms with Crippen molar-refractivity contribution in [1.82, 2.24) is 0 Å². The second-order valence-electron chi connectivity index (χ2n) is 6.29. The molecule has 0 unspecified atom stereocenters. The fourth-order valence-corrected chi connectivity index (χ4v) is 3.88. The summed E-state index contributed by atoms with van der Waals surface area (Å²) >= 11 is 6.01. The van der Waals surface area contributed by atoms with E-state index in [9.17, 15) is 13.2 Å². The van der Waals surface area contributed by atoms with E-state index < -0.39 is 10.0 Å². The van der Waals surface area contributed by atoms with E-state index in [0.29, 0.717) is 16.3 Å². The van der Waals surface area contributed by atoms with Gasteiger partial charge in [0.1, 0.15) is 0 Å². The third-order valence-corrected chi connectivity index (χ3v) is 5.85. The van der Waals surface area contributed by atoms with Crippen LogP contribution in [0.25, 0.3) is 6.08 Å². The van der Waals surface area contributed by atoms with E-state index in [1.165, 1.54) is 18.2 Å². The van der Waals surface area contributed by atoms with Gasteiger partial charge in [-0.2, -0.15) is 0 Å². The molecule has 0 radical (unpaired) electrons. The van der Waals surface area contributed by atoms with Gasteiger partial charge < -0.3 is 5.32 Å². The first-order valence-corrected chi connectivity index (χ1v) is 10.6. The number of anilines is 2. The maximum Gasteiger partial charge on any atom is 0.261 e. The number of carbonyl (C=O) groups is 1. The van der Waals surface area contributed by atoms with Gasteiger partial charge in [-0.15, -0.1) is 0 Å². The van der Waals surface area contributed by atoms with E-state index in [2.05, 4.69) is 10.0 Å². The summed E-state index contributed by atoms with van der Waals surface area (Å²) in [5, 5.41) is 3.12. The van der Waals surface area contributed by atoms with Crippen molar-refractivity contribution in [3.8, 4) is 0 Å². The highest BCUT2D eigenvalue weighted by molar-refractivity contribution is 7.92. The van der Waals surface area contributed by atoms with Crippen LogP contribution in [0.2, 0.25) is 5.02 Å². The topological polar surface area (TPSA) is 75.3 Å². The number of hydrogen-bond donors (Lipinski definition) is 2. The first-order chi connectivity index (χ1) is 13.8. The number of para-hydroxylation sites is 2. The number of nitrogens with one attached hydrogen (secondary N) is 2. The standard InChI is InChI=1S/C22H19ClN2O3S/c1-16-6-2-4-8-20(16)24-22(26)15-12-17-10-13-18(14-11-17)29(27,28)25-21-9-5-3-7-19(21)23/h2-15,25H,1H3,(H,24,26)/b15-12+. The van der Waals surface area contributed by atoms with Crippen LogP contribution in [0.3, 0.4) is 0 Å². The SMILES string of the molecule is Cc1ccccc1NC(=O)/C=C/c1ccc(S(=O)(=O)Nc2ccccc2Cl)cc1. The van der Waals surface area contributed by atoms with Crippen LogP contribution in [0.4, 0.5) is 11.4 Å². The lowest BCUT2D eigenvalue weighted by Crippen LogP contribution is -2.13. The molecule has 7 heteroatoms. The minimum Gasteiger partial charge on any atom is -0.322 e. The summed E-state index contributed by atoms with van der Waals surface area (Å²) in [6.07, 6.45) is 3.02. The molecule has 0 saturated heterocycles. The van der Waals surface area contributed by atoms with Crippen LogP contribution >= 0.6 is 11.6 Å². The molecular weight excluding hydrogens is 408 g/mol. The number of halogens is 1. The molecule has 3 rings (SSSR count). The number of sulfonamides is 1. The van der Waals surface area contributed by atoms with Crippen molar-refractivity contribution < 1.29 is 13.2 Å². The molecular formula is C22H19ClN2O3S. The highest BCUT2D eigenvalue weighted by Gasteiger charge is 2.15. The van der Waals surface area contributed by atoms with E-state index >= 15 is 0 Å². The van der Waals surface area contributed by atoms with Crippen molar-refractivity contribution in [2.75, 3.05) is 10.0 Å². The van der Waals surface area contributed by atoms with Crippen LogP contribution in [-0.2, 0) is 14.8 Å². The van der Waals surface area contributed by atoms with Gasteiger partial charge in [-0.05, 0) is 54.5 Å². The Hall–Kier alpha value is -3.09. The molecule has 1 amide bonds. The molecule has 3 aromatic rings. The Kier molecular flexibility index (Phi) is 6.36. The molecule has 0 saturated carbocycles. The van der Waals surface area contributed by atoms with Gasteiger partial charge in [-0.25, -0.2) is 8.42 Å². The molecule has 0 atom stereocenters. The molecule has 148 valence electrons. The summed E-state index contributed by atoms with van der Waals surface area (Å²) < 4.78 is 27.5. The summed E-state index contributed by atoms with van der Waals surface area (Å²) in [6, 6.07) is 20.3. The van der Waals surface area contributed by atoms with Gasteiger partial charge in [0, 0.05) is 11.8 Å². The van der Waals surface area contributed by atoms with Gasteiger partial charge in [-0.1, -0.05) is 54.1 Å². The zero-order valence-corrected chi connectivity index (χ0v) is 17.2. The second kappa shape index (κ2) is 8.94. The Morgan fingerprint density at radius 1 is 0.897 bits per heavy atom. The Balaban J connectivity index is 1.68. The summed E-state index contributed by atoms with van der Waals surface area (Å²) in [4.78, 5) is 12.2. The zero-order chi connectivity index (χ0) is 20.9. The molecule has 2 N–H and O–H groups in total. The lowest BCUT2D eigenvalue weighted by molar-refractivity contribution is -0.111. The summed E-state index contributed by atoms with van der Waals surface area (Å²) in [5.41, 5.74) is 2.72. The molecule has 0 aromatic heterocycles. The van der Waals surface area contributed by atoms with Gasteiger partial charge in [0.15, 0.2) is 0 Å². The van der Waals surface area contributed by atoms with Crippen LogP contribution in [0, 0.1) is 6.92 Å². The number of aryl methyl sites for hydroxylation is 1. The average molecular weight is 427 g/mol. The average Bonchev–Trinajstić information content (AvgIpc) is 2.70. The molecule has 0 aliphatic carbocycles. The third-order valence-electron chi connectivity index (χ3n) is 4.14. The van der Waals surface area contributed by atoms with Gasteiger partial charge in [0.2, 0.25) is 5.91 Å². The van der Waals surface area contributed by atoms with E-state index in [1.807, 2.05) is 31.2 Å². The Bertz CT molecular complexity index is 1160. The van der Waals surface area contributed by atoms with E-state index in [-0.39, 0.29) is 10.8 Å². The van der Waals surface area contributed by atoms with Crippen molar-refractivity contribution in [3.63, 3.8) is 0 Å². The van der Waals surface area contributed by atoms with Crippen LogP contribution in [0.5, 0.6) is 0 Å². The van der Waals surface area contributed by atoms with Crippen LogP contribution < -0.4 is 10.0 Å². The molecule has 0 heterocycles. The van der Waals surface area contributed by atoms with Gasteiger partial charge >= 0.3 is 0 Å². The maximum absolute atomic E-state index is 12.5. The second-order valence-corrected chi connectivity index (χ2v) is 8.38. The normalized spacial score (nSPS) is 11.4. The molecule has 0 aliphatic rings. The van der Waals surface area contributed by atoms with Crippen LogP contribution in [0.15, 0.2) is 83.8 Å². The lowest BCUT2D eigenvalue weighted by atomic mass is 10.2. The van der Waals surface area contributed by atoms with Crippen molar-refractivity contribution >= 4 is 45.0 Å². The fraction of sp³-hybridized carbons (Fsp3) is 0.0455. The minimum absolute atomic E-state index is 0.0962. The van der Waals surface area contributed by atoms with Crippen LogP contribution in [0.1, 0.15) is 11.1 Å². The monoisotopic (exact) mass is 426 g/mol. The Morgan fingerprint density at radius 2 is 1.52 bits per heavy atom. The number of amides is 1.